The Morgan fingerprint density at radius 2 is 1.74 bits per heavy atom. The number of pyridine rings is 1. The summed E-state index contributed by atoms with van der Waals surface area (Å²) in [5.41, 5.74) is 2.63. The fourth-order valence-corrected chi connectivity index (χ4v) is 3.02. The summed E-state index contributed by atoms with van der Waals surface area (Å²) < 4.78 is 1.99. The van der Waals surface area contributed by atoms with Crippen molar-refractivity contribution in [3.63, 3.8) is 0 Å². The number of fused-ring (bicyclic) bond motifs is 6. The number of nitrogens with zero attached hydrogens (tertiary/aromatic N) is 1. The minimum absolute atomic E-state index is 0.0168. The first-order valence-electron chi connectivity index (χ1n) is 6.34. The highest BCUT2D eigenvalue weighted by molar-refractivity contribution is 6.12. The molecule has 3 aliphatic rings. The SMILES string of the molecule is O=C1CCn2c3cc(=O)ccc-3c3ccccc3c21. The molecule has 0 atom stereocenters. The van der Waals surface area contributed by atoms with Gasteiger partial charge >= 0.3 is 0 Å². The van der Waals surface area contributed by atoms with E-state index in [0.29, 0.717) is 13.0 Å². The van der Waals surface area contributed by atoms with Crippen molar-refractivity contribution in [2.24, 2.45) is 0 Å². The van der Waals surface area contributed by atoms with Crippen LogP contribution in [-0.2, 0) is 6.54 Å². The van der Waals surface area contributed by atoms with Crippen LogP contribution < -0.4 is 5.43 Å². The molecule has 0 radical (unpaired) electrons. The van der Waals surface area contributed by atoms with Crippen LogP contribution >= 0.6 is 0 Å². The Labute approximate surface area is 109 Å². The van der Waals surface area contributed by atoms with E-state index >= 15 is 0 Å². The molecule has 4 rings (SSSR count). The lowest BCUT2D eigenvalue weighted by molar-refractivity contribution is 0.0996. The van der Waals surface area contributed by atoms with Crippen molar-refractivity contribution < 1.29 is 4.79 Å². The Morgan fingerprint density at radius 1 is 0.947 bits per heavy atom. The van der Waals surface area contributed by atoms with Crippen molar-refractivity contribution in [1.29, 1.82) is 0 Å². The highest BCUT2D eigenvalue weighted by atomic mass is 16.1. The maximum absolute atomic E-state index is 12.1. The molecule has 0 N–H and O–H groups in total. The lowest BCUT2D eigenvalue weighted by Gasteiger charge is -2.17. The quantitative estimate of drug-likeness (QED) is 0.575. The Bertz CT molecular complexity index is 860. The van der Waals surface area contributed by atoms with E-state index in [4.69, 9.17) is 0 Å². The standard InChI is InChI=1S/C16H11NO2/c18-10-5-6-12-11-3-1-2-4-13(11)16-15(19)7-8-17(16)14(12)9-10/h1-6,9H,7-8H2. The Morgan fingerprint density at radius 3 is 2.58 bits per heavy atom. The molecule has 1 aliphatic carbocycles. The van der Waals surface area contributed by atoms with Crippen molar-refractivity contribution in [3.8, 4) is 11.3 Å². The van der Waals surface area contributed by atoms with Crippen LogP contribution in [-0.4, -0.2) is 10.4 Å². The predicted molar refractivity (Wildman–Crippen MR) is 73.8 cm³/mol. The van der Waals surface area contributed by atoms with E-state index in [1.165, 1.54) is 0 Å². The smallest absolute Gasteiger partial charge is 0.181 e. The summed E-state index contributed by atoms with van der Waals surface area (Å²) >= 11 is 0. The highest BCUT2D eigenvalue weighted by Gasteiger charge is 2.26. The average Bonchev–Trinajstić information content (AvgIpc) is 2.81. The summed E-state index contributed by atoms with van der Waals surface area (Å²) in [5.74, 6) is 0.161. The lowest BCUT2D eigenvalue weighted by Crippen LogP contribution is -2.09. The van der Waals surface area contributed by atoms with Crippen LogP contribution in [0.2, 0.25) is 0 Å². The molecule has 0 saturated carbocycles. The fraction of sp³-hybridized carbons (Fsp3) is 0.125. The van der Waals surface area contributed by atoms with E-state index in [1.54, 1.807) is 12.1 Å². The van der Waals surface area contributed by atoms with Crippen molar-refractivity contribution in [2.45, 2.75) is 13.0 Å². The number of hydrogen-bond donors (Lipinski definition) is 0. The molecule has 2 heterocycles. The molecular weight excluding hydrogens is 238 g/mol. The zero-order valence-corrected chi connectivity index (χ0v) is 10.2. The number of Topliss-reactive ketones (excluding diaryl/α,β-unsaturated/α-hetero) is 1. The summed E-state index contributed by atoms with van der Waals surface area (Å²) in [6, 6.07) is 13.0. The van der Waals surface area contributed by atoms with Crippen LogP contribution in [0.3, 0.4) is 0 Å². The monoisotopic (exact) mass is 249 g/mol. The molecule has 0 unspecified atom stereocenters. The molecule has 3 nitrogen and oxygen atoms in total. The van der Waals surface area contributed by atoms with Gasteiger partial charge in [0.25, 0.3) is 0 Å². The number of benzene rings is 2. The first-order chi connectivity index (χ1) is 9.25. The van der Waals surface area contributed by atoms with Crippen LogP contribution in [0.25, 0.3) is 22.0 Å². The molecule has 2 aliphatic heterocycles. The van der Waals surface area contributed by atoms with Gasteiger partial charge in [0.1, 0.15) is 0 Å². The van der Waals surface area contributed by atoms with Gasteiger partial charge in [-0.15, -0.1) is 0 Å². The Balaban J connectivity index is 2.33. The van der Waals surface area contributed by atoms with Gasteiger partial charge in [0.2, 0.25) is 0 Å². The lowest BCUT2D eigenvalue weighted by atomic mass is 9.98. The van der Waals surface area contributed by atoms with Crippen LogP contribution in [0.5, 0.6) is 0 Å². The van der Waals surface area contributed by atoms with Gasteiger partial charge in [0, 0.05) is 30.0 Å². The first kappa shape index (κ1) is 10.5. The van der Waals surface area contributed by atoms with Gasteiger partial charge in [-0.25, -0.2) is 0 Å². The van der Waals surface area contributed by atoms with Crippen molar-refractivity contribution in [1.82, 2.24) is 4.57 Å². The molecule has 19 heavy (non-hydrogen) atoms. The van der Waals surface area contributed by atoms with Crippen LogP contribution in [0.15, 0.2) is 47.3 Å². The molecule has 0 aromatic heterocycles. The van der Waals surface area contributed by atoms with E-state index < -0.39 is 0 Å². The topological polar surface area (TPSA) is 39.1 Å². The number of hydrogen-bond acceptors (Lipinski definition) is 2. The first-order valence-corrected chi connectivity index (χ1v) is 6.34. The second-order valence-corrected chi connectivity index (χ2v) is 4.90. The van der Waals surface area contributed by atoms with Gasteiger partial charge in [-0.3, -0.25) is 9.59 Å². The number of rotatable bonds is 0. The average molecular weight is 249 g/mol. The second kappa shape index (κ2) is 3.54. The Hall–Kier alpha value is -2.42. The molecular formula is C16H11NO2. The second-order valence-electron chi connectivity index (χ2n) is 4.90. The normalized spacial score (nSPS) is 14.2. The summed E-state index contributed by atoms with van der Waals surface area (Å²) in [4.78, 5) is 23.7. The molecule has 0 spiro atoms. The third-order valence-electron chi connectivity index (χ3n) is 3.83. The number of carbonyl (C=O) groups is 1. The molecule has 0 fully saturated rings. The zero-order chi connectivity index (χ0) is 13.0. The maximum atomic E-state index is 12.1. The minimum Gasteiger partial charge on any atom is -0.337 e. The third-order valence-corrected chi connectivity index (χ3v) is 3.83. The van der Waals surface area contributed by atoms with Crippen molar-refractivity contribution in [2.75, 3.05) is 0 Å². The van der Waals surface area contributed by atoms with E-state index in [0.717, 1.165) is 27.7 Å². The minimum atomic E-state index is -0.0168. The van der Waals surface area contributed by atoms with Gasteiger partial charge in [0.15, 0.2) is 11.2 Å². The van der Waals surface area contributed by atoms with E-state index in [2.05, 4.69) is 0 Å². The molecule has 1 aromatic carbocycles. The van der Waals surface area contributed by atoms with E-state index in [1.807, 2.05) is 34.9 Å². The van der Waals surface area contributed by atoms with Crippen LogP contribution in [0, 0.1) is 0 Å². The maximum Gasteiger partial charge on any atom is 0.181 e. The third kappa shape index (κ3) is 1.32. The summed E-state index contributed by atoms with van der Waals surface area (Å²) in [5, 5.41) is 2.02. The zero-order valence-electron chi connectivity index (χ0n) is 10.2. The van der Waals surface area contributed by atoms with Crippen molar-refractivity contribution >= 4 is 16.6 Å². The largest absolute Gasteiger partial charge is 0.337 e. The molecule has 0 saturated heterocycles. The van der Waals surface area contributed by atoms with Gasteiger partial charge in [-0.1, -0.05) is 24.3 Å². The molecule has 92 valence electrons. The number of carbonyl (C=O) groups excluding carboxylic acids is 1. The fourth-order valence-electron chi connectivity index (χ4n) is 3.02. The van der Waals surface area contributed by atoms with Crippen molar-refractivity contribution in [3.05, 3.63) is 58.4 Å². The molecule has 1 aromatic rings. The summed E-state index contributed by atoms with van der Waals surface area (Å²) in [7, 11) is 0. The van der Waals surface area contributed by atoms with Gasteiger partial charge in [-0.05, 0) is 17.5 Å². The van der Waals surface area contributed by atoms with E-state index in [-0.39, 0.29) is 11.2 Å². The van der Waals surface area contributed by atoms with Gasteiger partial charge in [-0.2, -0.15) is 0 Å². The van der Waals surface area contributed by atoms with Gasteiger partial charge < -0.3 is 4.57 Å². The Kier molecular flexibility index (Phi) is 1.96. The number of aromatic nitrogens is 1. The predicted octanol–water partition coefficient (Wildman–Crippen LogP) is 2.69. The number of ketones is 1. The summed E-state index contributed by atoms with van der Waals surface area (Å²) in [6.07, 6.45) is 0.520. The van der Waals surface area contributed by atoms with E-state index in [9.17, 15) is 9.59 Å². The molecule has 3 heteroatoms. The van der Waals surface area contributed by atoms with Crippen LogP contribution in [0.4, 0.5) is 0 Å². The molecule has 0 bridgehead atoms. The highest BCUT2D eigenvalue weighted by Crippen LogP contribution is 2.35. The molecule has 0 amide bonds. The summed E-state index contributed by atoms with van der Waals surface area (Å²) in [6.45, 7) is 0.666. The van der Waals surface area contributed by atoms with Crippen LogP contribution in [0.1, 0.15) is 16.9 Å². The van der Waals surface area contributed by atoms with Gasteiger partial charge in [0.05, 0.1) is 11.4 Å².